The molecule has 0 radical (unpaired) electrons. The number of hydrogen-bond donors (Lipinski definition) is 0. The molecule has 0 aliphatic heterocycles. The van der Waals surface area contributed by atoms with Gasteiger partial charge in [-0.2, -0.15) is 0 Å². The monoisotopic (exact) mass is 262 g/mol. The molecule has 2 nitrogen and oxygen atoms in total. The van der Waals surface area contributed by atoms with Crippen LogP contribution >= 0.6 is 0 Å². The van der Waals surface area contributed by atoms with Crippen molar-refractivity contribution in [2.45, 2.75) is 51.0 Å². The highest BCUT2D eigenvalue weighted by atomic mass is 16.5. The van der Waals surface area contributed by atoms with Crippen molar-refractivity contribution in [1.29, 1.82) is 0 Å². The fourth-order valence-electron chi connectivity index (χ4n) is 2.84. The molecule has 1 atom stereocenters. The number of hydrogen-bond acceptors (Lipinski definition) is 2. The highest BCUT2D eigenvalue weighted by Crippen LogP contribution is 2.30. The van der Waals surface area contributed by atoms with Gasteiger partial charge in [-0.15, -0.1) is 0 Å². The van der Waals surface area contributed by atoms with Gasteiger partial charge in [-0.05, 0) is 43.9 Å². The summed E-state index contributed by atoms with van der Waals surface area (Å²) in [5.41, 5.74) is -0.321. The van der Waals surface area contributed by atoms with Gasteiger partial charge in [-0.1, -0.05) is 31.9 Å². The molecular weight excluding hydrogens is 236 g/mol. The Balaban J connectivity index is 1.86. The standard InChI is InChI=1S/C17H26O2/c1-3-17(12-10-16(11-13-17)18-4-2)19-14-15-8-6-5-7-9-15/h3,10-12,15H,1,4-9,13-14H2,2H3. The Morgan fingerprint density at radius 1 is 1.37 bits per heavy atom. The lowest BCUT2D eigenvalue weighted by Gasteiger charge is -2.32. The van der Waals surface area contributed by atoms with Crippen LogP contribution in [0.3, 0.4) is 0 Å². The van der Waals surface area contributed by atoms with Gasteiger partial charge in [-0.25, -0.2) is 0 Å². The summed E-state index contributed by atoms with van der Waals surface area (Å²) in [4.78, 5) is 0. The highest BCUT2D eigenvalue weighted by Gasteiger charge is 2.27. The second kappa shape index (κ2) is 6.95. The van der Waals surface area contributed by atoms with Crippen LogP contribution in [0.4, 0.5) is 0 Å². The Labute approximate surface area is 117 Å². The van der Waals surface area contributed by atoms with E-state index in [4.69, 9.17) is 9.47 Å². The first-order valence-electron chi connectivity index (χ1n) is 7.58. The largest absolute Gasteiger partial charge is 0.494 e. The van der Waals surface area contributed by atoms with E-state index in [-0.39, 0.29) is 5.60 Å². The highest BCUT2D eigenvalue weighted by molar-refractivity contribution is 5.28. The summed E-state index contributed by atoms with van der Waals surface area (Å²) in [6, 6.07) is 0. The van der Waals surface area contributed by atoms with E-state index in [0.717, 1.165) is 24.7 Å². The lowest BCUT2D eigenvalue weighted by atomic mass is 9.89. The summed E-state index contributed by atoms with van der Waals surface area (Å²) >= 11 is 0. The van der Waals surface area contributed by atoms with Crippen LogP contribution in [-0.2, 0) is 9.47 Å². The van der Waals surface area contributed by atoms with Crippen LogP contribution in [-0.4, -0.2) is 18.8 Å². The maximum Gasteiger partial charge on any atom is 0.115 e. The molecule has 2 aliphatic carbocycles. The van der Waals surface area contributed by atoms with Crippen LogP contribution in [0.2, 0.25) is 0 Å². The van der Waals surface area contributed by atoms with Gasteiger partial charge >= 0.3 is 0 Å². The topological polar surface area (TPSA) is 18.5 Å². The minimum atomic E-state index is -0.321. The molecular formula is C17H26O2. The molecule has 2 aliphatic rings. The van der Waals surface area contributed by atoms with E-state index in [2.05, 4.69) is 18.7 Å². The molecule has 1 unspecified atom stereocenters. The van der Waals surface area contributed by atoms with Crippen LogP contribution in [0.1, 0.15) is 45.4 Å². The number of rotatable bonds is 6. The molecule has 0 heterocycles. The van der Waals surface area contributed by atoms with E-state index < -0.39 is 0 Å². The Hall–Kier alpha value is -1.02. The van der Waals surface area contributed by atoms with Crippen molar-refractivity contribution in [3.05, 3.63) is 36.6 Å². The van der Waals surface area contributed by atoms with Gasteiger partial charge in [0.05, 0.1) is 13.2 Å². The van der Waals surface area contributed by atoms with Gasteiger partial charge in [-0.3, -0.25) is 0 Å². The number of ether oxygens (including phenoxy) is 2. The van der Waals surface area contributed by atoms with Crippen LogP contribution in [0.15, 0.2) is 36.6 Å². The zero-order chi connectivity index (χ0) is 13.6. The molecule has 2 heteroatoms. The predicted molar refractivity (Wildman–Crippen MR) is 78.9 cm³/mol. The quantitative estimate of drug-likeness (QED) is 0.661. The SMILES string of the molecule is C=CC1(OCC2CCCCC2)C=CC(OCC)=CC1. The van der Waals surface area contributed by atoms with E-state index in [9.17, 15) is 0 Å². The van der Waals surface area contributed by atoms with Crippen molar-refractivity contribution in [1.82, 2.24) is 0 Å². The Kier molecular flexibility index (Phi) is 5.26. The normalized spacial score (nSPS) is 27.9. The Morgan fingerprint density at radius 3 is 2.74 bits per heavy atom. The zero-order valence-electron chi connectivity index (χ0n) is 12.1. The van der Waals surface area contributed by atoms with Crippen LogP contribution in [0.25, 0.3) is 0 Å². The molecule has 1 fully saturated rings. The molecule has 0 aromatic heterocycles. The molecule has 0 spiro atoms. The molecule has 2 rings (SSSR count). The minimum absolute atomic E-state index is 0.321. The second-order valence-electron chi connectivity index (χ2n) is 5.55. The molecule has 0 bridgehead atoms. The average molecular weight is 262 g/mol. The molecule has 106 valence electrons. The molecule has 0 saturated heterocycles. The molecule has 19 heavy (non-hydrogen) atoms. The van der Waals surface area contributed by atoms with Gasteiger partial charge in [0.1, 0.15) is 11.4 Å². The van der Waals surface area contributed by atoms with Crippen molar-refractivity contribution in [2.75, 3.05) is 13.2 Å². The maximum atomic E-state index is 6.18. The second-order valence-corrected chi connectivity index (χ2v) is 5.55. The van der Waals surface area contributed by atoms with E-state index in [1.807, 2.05) is 19.1 Å². The van der Waals surface area contributed by atoms with E-state index in [1.165, 1.54) is 32.1 Å². The van der Waals surface area contributed by atoms with Crippen molar-refractivity contribution in [2.24, 2.45) is 5.92 Å². The zero-order valence-corrected chi connectivity index (χ0v) is 12.1. The third-order valence-electron chi connectivity index (χ3n) is 4.12. The third-order valence-corrected chi connectivity index (χ3v) is 4.12. The van der Waals surface area contributed by atoms with Crippen molar-refractivity contribution >= 4 is 0 Å². The summed E-state index contributed by atoms with van der Waals surface area (Å²) in [5, 5.41) is 0. The van der Waals surface area contributed by atoms with Crippen LogP contribution in [0, 0.1) is 5.92 Å². The van der Waals surface area contributed by atoms with E-state index >= 15 is 0 Å². The fraction of sp³-hybridized carbons (Fsp3) is 0.647. The molecule has 0 aromatic rings. The smallest absolute Gasteiger partial charge is 0.115 e. The van der Waals surface area contributed by atoms with Gasteiger partial charge < -0.3 is 9.47 Å². The Bertz CT molecular complexity index is 350. The number of allylic oxidation sites excluding steroid dienone is 1. The van der Waals surface area contributed by atoms with Crippen molar-refractivity contribution in [3.63, 3.8) is 0 Å². The first-order chi connectivity index (χ1) is 9.28. The predicted octanol–water partition coefficient (Wildman–Crippen LogP) is 4.39. The lowest BCUT2D eigenvalue weighted by molar-refractivity contribution is -0.00144. The summed E-state index contributed by atoms with van der Waals surface area (Å²) in [6.07, 6.45) is 15.7. The molecule has 0 aromatic carbocycles. The third kappa shape index (κ3) is 3.97. The van der Waals surface area contributed by atoms with Gasteiger partial charge in [0, 0.05) is 6.42 Å². The maximum absolute atomic E-state index is 6.18. The molecule has 0 N–H and O–H groups in total. The summed E-state index contributed by atoms with van der Waals surface area (Å²) in [7, 11) is 0. The molecule has 0 amide bonds. The van der Waals surface area contributed by atoms with Crippen molar-refractivity contribution in [3.8, 4) is 0 Å². The van der Waals surface area contributed by atoms with E-state index in [0.29, 0.717) is 6.61 Å². The van der Waals surface area contributed by atoms with Gasteiger partial charge in [0.15, 0.2) is 0 Å². The first-order valence-corrected chi connectivity index (χ1v) is 7.58. The lowest BCUT2D eigenvalue weighted by Crippen LogP contribution is -2.31. The van der Waals surface area contributed by atoms with Crippen molar-refractivity contribution < 1.29 is 9.47 Å². The minimum Gasteiger partial charge on any atom is -0.494 e. The van der Waals surface area contributed by atoms with Crippen LogP contribution < -0.4 is 0 Å². The first kappa shape index (κ1) is 14.4. The van der Waals surface area contributed by atoms with Crippen LogP contribution in [0.5, 0.6) is 0 Å². The average Bonchev–Trinajstić information content (AvgIpc) is 2.48. The van der Waals surface area contributed by atoms with Gasteiger partial charge in [0.25, 0.3) is 0 Å². The van der Waals surface area contributed by atoms with E-state index in [1.54, 1.807) is 0 Å². The fourth-order valence-corrected chi connectivity index (χ4v) is 2.84. The van der Waals surface area contributed by atoms with Gasteiger partial charge in [0.2, 0.25) is 0 Å². The summed E-state index contributed by atoms with van der Waals surface area (Å²) < 4.78 is 11.7. The summed E-state index contributed by atoms with van der Waals surface area (Å²) in [5.74, 6) is 1.68. The summed E-state index contributed by atoms with van der Waals surface area (Å²) in [6.45, 7) is 7.51. The molecule has 1 saturated carbocycles. The Morgan fingerprint density at radius 2 is 2.16 bits per heavy atom.